The maximum absolute atomic E-state index is 6.23. The average molecular weight is 309 g/mol. The second-order valence-corrected chi connectivity index (χ2v) is 7.10. The molecule has 0 amide bonds. The highest BCUT2D eigenvalue weighted by molar-refractivity contribution is 6.30. The summed E-state index contributed by atoms with van der Waals surface area (Å²) >= 11 is 6.23. The molecule has 116 valence electrons. The fraction of sp³-hybridized carbons (Fsp3) is 0.647. The van der Waals surface area contributed by atoms with Crippen LogP contribution in [0.3, 0.4) is 0 Å². The van der Waals surface area contributed by atoms with Crippen LogP contribution in [0.15, 0.2) is 18.2 Å². The van der Waals surface area contributed by atoms with Crippen molar-refractivity contribution in [3.8, 4) is 0 Å². The summed E-state index contributed by atoms with van der Waals surface area (Å²) in [6, 6.07) is 6.26. The molecule has 2 aliphatic rings. The van der Waals surface area contributed by atoms with Gasteiger partial charge in [-0.3, -0.25) is 0 Å². The maximum atomic E-state index is 6.23. The van der Waals surface area contributed by atoms with Gasteiger partial charge in [0.15, 0.2) is 0 Å². The molecule has 1 aromatic rings. The number of fused-ring (bicyclic) bond motifs is 2. The lowest BCUT2D eigenvalue weighted by atomic mass is 10.1. The fourth-order valence-electron chi connectivity index (χ4n) is 3.29. The van der Waals surface area contributed by atoms with E-state index in [4.69, 9.17) is 16.3 Å². The zero-order valence-corrected chi connectivity index (χ0v) is 13.7. The van der Waals surface area contributed by atoms with Crippen molar-refractivity contribution in [2.45, 2.75) is 45.4 Å². The number of nitrogens with one attached hydrogen (secondary N) is 1. The van der Waals surface area contributed by atoms with Gasteiger partial charge in [-0.25, -0.2) is 0 Å². The smallest absolute Gasteiger partial charge is 0.0755 e. The summed E-state index contributed by atoms with van der Waals surface area (Å²) in [5.41, 5.74) is 2.61. The molecule has 2 atom stereocenters. The van der Waals surface area contributed by atoms with E-state index in [1.54, 1.807) is 0 Å². The molecule has 2 bridgehead atoms. The summed E-state index contributed by atoms with van der Waals surface area (Å²) in [7, 11) is 0. The van der Waals surface area contributed by atoms with Gasteiger partial charge in [-0.1, -0.05) is 31.5 Å². The van der Waals surface area contributed by atoms with E-state index in [2.05, 4.69) is 36.2 Å². The molecule has 0 aliphatic carbocycles. The fourth-order valence-corrected chi connectivity index (χ4v) is 3.45. The molecule has 0 saturated carbocycles. The molecule has 0 radical (unpaired) electrons. The van der Waals surface area contributed by atoms with Crippen LogP contribution in [-0.2, 0) is 11.3 Å². The molecular weight excluding hydrogens is 284 g/mol. The highest BCUT2D eigenvalue weighted by Gasteiger charge is 2.34. The molecule has 1 N–H and O–H groups in total. The Bertz CT molecular complexity index is 480. The monoisotopic (exact) mass is 308 g/mol. The van der Waals surface area contributed by atoms with E-state index in [9.17, 15) is 0 Å². The van der Waals surface area contributed by atoms with Gasteiger partial charge in [0.25, 0.3) is 0 Å². The SMILES string of the molecule is CC(C)CNCc1ccc(Cl)cc1N1CC2CCC(C1)O2. The molecule has 3 rings (SSSR count). The Morgan fingerprint density at radius 3 is 2.67 bits per heavy atom. The number of ether oxygens (including phenoxy) is 1. The van der Waals surface area contributed by atoms with Gasteiger partial charge in [0, 0.05) is 30.3 Å². The normalized spacial score (nSPS) is 24.9. The molecule has 4 heteroatoms. The minimum Gasteiger partial charge on any atom is -0.371 e. The van der Waals surface area contributed by atoms with E-state index in [1.807, 2.05) is 6.07 Å². The van der Waals surface area contributed by atoms with Gasteiger partial charge < -0.3 is 15.0 Å². The van der Waals surface area contributed by atoms with E-state index in [1.165, 1.54) is 24.1 Å². The van der Waals surface area contributed by atoms with Gasteiger partial charge >= 0.3 is 0 Å². The van der Waals surface area contributed by atoms with Gasteiger partial charge in [0.1, 0.15) is 0 Å². The molecule has 2 fully saturated rings. The molecule has 2 aliphatic heterocycles. The lowest BCUT2D eigenvalue weighted by molar-refractivity contribution is 0.0304. The van der Waals surface area contributed by atoms with Crippen LogP contribution in [0.25, 0.3) is 0 Å². The van der Waals surface area contributed by atoms with Crippen LogP contribution < -0.4 is 10.2 Å². The van der Waals surface area contributed by atoms with Crippen molar-refractivity contribution in [2.24, 2.45) is 5.92 Å². The first-order chi connectivity index (χ1) is 10.1. The van der Waals surface area contributed by atoms with Crippen molar-refractivity contribution in [2.75, 3.05) is 24.5 Å². The molecule has 2 heterocycles. The Hall–Kier alpha value is -0.770. The summed E-state index contributed by atoms with van der Waals surface area (Å²) in [4.78, 5) is 2.46. The van der Waals surface area contributed by atoms with Crippen LogP contribution in [0.4, 0.5) is 5.69 Å². The van der Waals surface area contributed by atoms with Crippen molar-refractivity contribution in [3.63, 3.8) is 0 Å². The largest absolute Gasteiger partial charge is 0.371 e. The van der Waals surface area contributed by atoms with Crippen LogP contribution >= 0.6 is 11.6 Å². The third-order valence-corrected chi connectivity index (χ3v) is 4.53. The van der Waals surface area contributed by atoms with Crippen LogP contribution in [0, 0.1) is 5.92 Å². The average Bonchev–Trinajstić information content (AvgIpc) is 2.78. The number of hydrogen-bond donors (Lipinski definition) is 1. The molecule has 3 nitrogen and oxygen atoms in total. The van der Waals surface area contributed by atoms with Crippen LogP contribution in [0.5, 0.6) is 0 Å². The predicted molar refractivity (Wildman–Crippen MR) is 88.1 cm³/mol. The minimum absolute atomic E-state index is 0.402. The van der Waals surface area contributed by atoms with Gasteiger partial charge in [0.05, 0.1) is 12.2 Å². The molecule has 2 unspecified atom stereocenters. The number of nitrogens with zero attached hydrogens (tertiary/aromatic N) is 1. The lowest BCUT2D eigenvalue weighted by Gasteiger charge is -2.35. The lowest BCUT2D eigenvalue weighted by Crippen LogP contribution is -2.43. The second-order valence-electron chi connectivity index (χ2n) is 6.66. The first-order valence-electron chi connectivity index (χ1n) is 8.01. The third kappa shape index (κ3) is 3.71. The topological polar surface area (TPSA) is 24.5 Å². The Labute approximate surface area is 132 Å². The highest BCUT2D eigenvalue weighted by Crippen LogP contribution is 2.32. The van der Waals surface area contributed by atoms with Gasteiger partial charge in [-0.2, -0.15) is 0 Å². The summed E-state index contributed by atoms with van der Waals surface area (Å²) in [6.45, 7) is 8.39. The molecular formula is C17H25ClN2O. The molecule has 21 heavy (non-hydrogen) atoms. The van der Waals surface area contributed by atoms with Crippen molar-refractivity contribution in [1.82, 2.24) is 5.32 Å². The minimum atomic E-state index is 0.402. The maximum Gasteiger partial charge on any atom is 0.0755 e. The zero-order chi connectivity index (χ0) is 14.8. The second kappa shape index (κ2) is 6.55. The number of benzene rings is 1. The summed E-state index contributed by atoms with van der Waals surface area (Å²) in [6.07, 6.45) is 3.20. The standard InChI is InChI=1S/C17H25ClN2O/c1-12(2)8-19-9-13-3-4-14(18)7-17(13)20-10-15-5-6-16(11-20)21-15/h3-4,7,12,15-16,19H,5-6,8-11H2,1-2H3. The van der Waals surface area contributed by atoms with E-state index in [-0.39, 0.29) is 0 Å². The van der Waals surface area contributed by atoms with E-state index in [0.29, 0.717) is 18.1 Å². The molecule has 0 spiro atoms. The quantitative estimate of drug-likeness (QED) is 0.901. The van der Waals surface area contributed by atoms with Gasteiger partial charge in [-0.05, 0) is 43.0 Å². The van der Waals surface area contributed by atoms with Crippen molar-refractivity contribution < 1.29 is 4.74 Å². The first-order valence-corrected chi connectivity index (χ1v) is 8.39. The van der Waals surface area contributed by atoms with Gasteiger partial charge in [0.2, 0.25) is 0 Å². The van der Waals surface area contributed by atoms with E-state index < -0.39 is 0 Å². The highest BCUT2D eigenvalue weighted by atomic mass is 35.5. The van der Waals surface area contributed by atoms with Crippen LogP contribution in [0.1, 0.15) is 32.3 Å². The number of halogens is 1. The van der Waals surface area contributed by atoms with Crippen molar-refractivity contribution in [1.29, 1.82) is 0 Å². The summed E-state index contributed by atoms with van der Waals surface area (Å²) in [5.74, 6) is 0.667. The summed E-state index contributed by atoms with van der Waals surface area (Å²) < 4.78 is 5.94. The predicted octanol–water partition coefficient (Wildman–Crippen LogP) is 3.45. The first kappa shape index (κ1) is 15.1. The molecule has 2 saturated heterocycles. The molecule has 1 aromatic carbocycles. The van der Waals surface area contributed by atoms with Crippen LogP contribution in [-0.4, -0.2) is 31.8 Å². The number of hydrogen-bond acceptors (Lipinski definition) is 3. The Morgan fingerprint density at radius 2 is 2.00 bits per heavy atom. The number of rotatable bonds is 5. The van der Waals surface area contributed by atoms with Crippen LogP contribution in [0.2, 0.25) is 5.02 Å². The van der Waals surface area contributed by atoms with Crippen molar-refractivity contribution >= 4 is 17.3 Å². The van der Waals surface area contributed by atoms with Gasteiger partial charge in [-0.15, -0.1) is 0 Å². The Kier molecular flexibility index (Phi) is 4.72. The van der Waals surface area contributed by atoms with E-state index >= 15 is 0 Å². The third-order valence-electron chi connectivity index (χ3n) is 4.30. The Balaban J connectivity index is 1.74. The zero-order valence-electron chi connectivity index (χ0n) is 12.9. The molecule has 0 aromatic heterocycles. The van der Waals surface area contributed by atoms with Crippen molar-refractivity contribution in [3.05, 3.63) is 28.8 Å². The number of morpholine rings is 1. The summed E-state index contributed by atoms with van der Waals surface area (Å²) in [5, 5.41) is 4.35. The van der Waals surface area contributed by atoms with E-state index in [0.717, 1.165) is 31.2 Å². The number of anilines is 1. The Morgan fingerprint density at radius 1 is 1.29 bits per heavy atom.